The van der Waals surface area contributed by atoms with Gasteiger partial charge in [0.1, 0.15) is 6.04 Å². The SMILES string of the molecule is C=CC[C@H](NC(=O)COC(C)=O)C(=O)O. The molecule has 0 radical (unpaired) electrons. The van der Waals surface area contributed by atoms with Gasteiger partial charge in [0, 0.05) is 6.92 Å². The number of nitrogens with one attached hydrogen (secondary N) is 1. The summed E-state index contributed by atoms with van der Waals surface area (Å²) in [5, 5.41) is 10.8. The molecule has 2 N–H and O–H groups in total. The Kier molecular flexibility index (Phi) is 5.77. The molecule has 6 heteroatoms. The van der Waals surface area contributed by atoms with E-state index in [0.29, 0.717) is 0 Å². The van der Waals surface area contributed by atoms with Gasteiger partial charge in [-0.15, -0.1) is 6.58 Å². The molecular weight excluding hydrogens is 202 g/mol. The summed E-state index contributed by atoms with van der Waals surface area (Å²) in [6, 6.07) is -1.04. The molecule has 0 heterocycles. The van der Waals surface area contributed by atoms with E-state index in [1.807, 2.05) is 0 Å². The third kappa shape index (κ3) is 6.25. The largest absolute Gasteiger partial charge is 0.480 e. The standard InChI is InChI=1S/C9H13NO5/c1-3-4-7(9(13)14)10-8(12)5-15-6(2)11/h3,7H,1,4-5H2,2H3,(H,10,12)(H,13,14)/t7-/m0/s1. The average Bonchev–Trinajstić information content (AvgIpc) is 2.14. The number of aliphatic carboxylic acids is 1. The number of carboxylic acid groups (broad SMARTS) is 1. The predicted molar refractivity (Wildman–Crippen MR) is 51.0 cm³/mol. The summed E-state index contributed by atoms with van der Waals surface area (Å²) < 4.78 is 4.39. The van der Waals surface area contributed by atoms with E-state index in [4.69, 9.17) is 5.11 Å². The minimum absolute atomic E-state index is 0.112. The van der Waals surface area contributed by atoms with Crippen molar-refractivity contribution in [3.05, 3.63) is 12.7 Å². The van der Waals surface area contributed by atoms with Gasteiger partial charge in [0.15, 0.2) is 6.61 Å². The molecular formula is C9H13NO5. The molecule has 0 unspecified atom stereocenters. The quantitative estimate of drug-likeness (QED) is 0.468. The number of hydrogen-bond acceptors (Lipinski definition) is 4. The number of ether oxygens (including phenoxy) is 1. The summed E-state index contributed by atoms with van der Waals surface area (Å²) in [6.07, 6.45) is 1.49. The van der Waals surface area contributed by atoms with Crippen LogP contribution >= 0.6 is 0 Å². The Bertz CT molecular complexity index is 274. The Morgan fingerprint density at radius 1 is 1.53 bits per heavy atom. The first-order valence-corrected chi connectivity index (χ1v) is 4.23. The van der Waals surface area contributed by atoms with E-state index in [1.54, 1.807) is 0 Å². The van der Waals surface area contributed by atoms with Crippen molar-refractivity contribution in [2.75, 3.05) is 6.61 Å². The zero-order valence-corrected chi connectivity index (χ0v) is 8.36. The molecule has 0 aliphatic heterocycles. The van der Waals surface area contributed by atoms with Crippen molar-refractivity contribution in [1.29, 1.82) is 0 Å². The van der Waals surface area contributed by atoms with Gasteiger partial charge in [0.05, 0.1) is 0 Å². The highest BCUT2D eigenvalue weighted by Gasteiger charge is 2.18. The van der Waals surface area contributed by atoms with E-state index in [1.165, 1.54) is 6.08 Å². The maximum absolute atomic E-state index is 11.1. The Morgan fingerprint density at radius 3 is 2.53 bits per heavy atom. The number of rotatable bonds is 6. The zero-order chi connectivity index (χ0) is 11.8. The lowest BCUT2D eigenvalue weighted by Crippen LogP contribution is -2.42. The number of esters is 1. The fourth-order valence-corrected chi connectivity index (χ4v) is 0.791. The van der Waals surface area contributed by atoms with Crippen LogP contribution in [0.1, 0.15) is 13.3 Å². The van der Waals surface area contributed by atoms with Crippen molar-refractivity contribution in [3.63, 3.8) is 0 Å². The summed E-state index contributed by atoms with van der Waals surface area (Å²) in [7, 11) is 0. The lowest BCUT2D eigenvalue weighted by atomic mass is 10.2. The Morgan fingerprint density at radius 2 is 2.13 bits per heavy atom. The Balaban J connectivity index is 4.05. The van der Waals surface area contributed by atoms with Gasteiger partial charge in [0.25, 0.3) is 5.91 Å². The van der Waals surface area contributed by atoms with Gasteiger partial charge in [-0.3, -0.25) is 9.59 Å². The number of amides is 1. The van der Waals surface area contributed by atoms with Crippen LogP contribution < -0.4 is 5.32 Å². The van der Waals surface area contributed by atoms with Crippen molar-refractivity contribution < 1.29 is 24.2 Å². The summed E-state index contributed by atoms with van der Waals surface area (Å²) >= 11 is 0. The minimum atomic E-state index is -1.16. The maximum Gasteiger partial charge on any atom is 0.326 e. The molecule has 0 spiro atoms. The molecule has 0 aromatic carbocycles. The van der Waals surface area contributed by atoms with Gasteiger partial charge in [-0.1, -0.05) is 6.08 Å². The first kappa shape index (κ1) is 13.2. The maximum atomic E-state index is 11.1. The normalized spacial score (nSPS) is 11.3. The second-order valence-electron chi connectivity index (χ2n) is 2.76. The Labute approximate surface area is 86.9 Å². The fraction of sp³-hybridized carbons (Fsp3) is 0.444. The molecule has 0 saturated heterocycles. The molecule has 0 aliphatic rings. The van der Waals surface area contributed by atoms with E-state index in [-0.39, 0.29) is 6.42 Å². The molecule has 6 nitrogen and oxygen atoms in total. The van der Waals surface area contributed by atoms with Crippen LogP contribution in [0.25, 0.3) is 0 Å². The average molecular weight is 215 g/mol. The van der Waals surface area contributed by atoms with E-state index >= 15 is 0 Å². The number of carboxylic acids is 1. The number of hydrogen-bond donors (Lipinski definition) is 2. The van der Waals surface area contributed by atoms with Gasteiger partial charge in [-0.05, 0) is 6.42 Å². The topological polar surface area (TPSA) is 92.7 Å². The van der Waals surface area contributed by atoms with Crippen LogP contribution in [-0.2, 0) is 19.1 Å². The lowest BCUT2D eigenvalue weighted by Gasteiger charge is -2.11. The predicted octanol–water partition coefficient (Wildman–Crippen LogP) is -0.305. The van der Waals surface area contributed by atoms with Crippen molar-refractivity contribution >= 4 is 17.8 Å². The molecule has 84 valence electrons. The van der Waals surface area contributed by atoms with Crippen LogP contribution in [0, 0.1) is 0 Å². The van der Waals surface area contributed by atoms with Crippen LogP contribution in [0.5, 0.6) is 0 Å². The fourth-order valence-electron chi connectivity index (χ4n) is 0.791. The third-order valence-corrected chi connectivity index (χ3v) is 1.44. The first-order valence-electron chi connectivity index (χ1n) is 4.23. The second kappa shape index (κ2) is 6.58. The van der Waals surface area contributed by atoms with Gasteiger partial charge >= 0.3 is 11.9 Å². The van der Waals surface area contributed by atoms with Crippen molar-refractivity contribution in [3.8, 4) is 0 Å². The van der Waals surface area contributed by atoms with E-state index in [9.17, 15) is 14.4 Å². The molecule has 1 atom stereocenters. The highest BCUT2D eigenvalue weighted by Crippen LogP contribution is 1.93. The molecule has 0 aromatic rings. The molecule has 0 rings (SSSR count). The highest BCUT2D eigenvalue weighted by molar-refractivity contribution is 5.85. The lowest BCUT2D eigenvalue weighted by molar-refractivity contribution is -0.147. The molecule has 0 saturated carbocycles. The molecule has 0 aliphatic carbocycles. The van der Waals surface area contributed by atoms with Crippen molar-refractivity contribution in [2.45, 2.75) is 19.4 Å². The molecule has 15 heavy (non-hydrogen) atoms. The van der Waals surface area contributed by atoms with Crippen LogP contribution in [0.2, 0.25) is 0 Å². The smallest absolute Gasteiger partial charge is 0.326 e. The van der Waals surface area contributed by atoms with Gasteiger partial charge in [-0.25, -0.2) is 4.79 Å². The van der Waals surface area contributed by atoms with Gasteiger partial charge in [-0.2, -0.15) is 0 Å². The zero-order valence-electron chi connectivity index (χ0n) is 8.36. The van der Waals surface area contributed by atoms with Crippen LogP contribution in [0.4, 0.5) is 0 Å². The summed E-state index contributed by atoms with van der Waals surface area (Å²) in [5.41, 5.74) is 0. The summed E-state index contributed by atoms with van der Waals surface area (Å²) in [6.45, 7) is 4.05. The van der Waals surface area contributed by atoms with Crippen LogP contribution in [0.3, 0.4) is 0 Å². The van der Waals surface area contributed by atoms with Crippen LogP contribution in [-0.4, -0.2) is 35.6 Å². The van der Waals surface area contributed by atoms with Crippen molar-refractivity contribution in [2.24, 2.45) is 0 Å². The van der Waals surface area contributed by atoms with Crippen molar-refractivity contribution in [1.82, 2.24) is 5.32 Å². The molecule has 0 fully saturated rings. The minimum Gasteiger partial charge on any atom is -0.480 e. The third-order valence-electron chi connectivity index (χ3n) is 1.44. The number of carbonyl (C=O) groups is 3. The monoisotopic (exact) mass is 215 g/mol. The molecule has 1 amide bonds. The Hall–Kier alpha value is -1.85. The van der Waals surface area contributed by atoms with Crippen LogP contribution in [0.15, 0.2) is 12.7 Å². The van der Waals surface area contributed by atoms with E-state index in [0.717, 1.165) is 6.92 Å². The van der Waals surface area contributed by atoms with E-state index in [2.05, 4.69) is 16.6 Å². The number of carbonyl (C=O) groups excluding carboxylic acids is 2. The second-order valence-corrected chi connectivity index (χ2v) is 2.76. The van der Waals surface area contributed by atoms with E-state index < -0.39 is 30.5 Å². The van der Waals surface area contributed by atoms with Gasteiger partial charge in [0.2, 0.25) is 0 Å². The first-order chi connectivity index (χ1) is 6.97. The molecule has 0 aromatic heterocycles. The molecule has 0 bridgehead atoms. The highest BCUT2D eigenvalue weighted by atomic mass is 16.5. The van der Waals surface area contributed by atoms with Gasteiger partial charge < -0.3 is 15.2 Å². The summed E-state index contributed by atoms with van der Waals surface area (Å²) in [4.78, 5) is 32.0. The summed E-state index contributed by atoms with van der Waals surface area (Å²) in [5.74, 6) is -2.41.